The summed E-state index contributed by atoms with van der Waals surface area (Å²) < 4.78 is 0. The minimum absolute atomic E-state index is 0.147. The topological polar surface area (TPSA) is 69.1 Å². The molecule has 0 saturated heterocycles. The number of hydrogen-bond donors (Lipinski definition) is 2. The van der Waals surface area contributed by atoms with Crippen molar-refractivity contribution in [2.75, 3.05) is 16.8 Å². The van der Waals surface area contributed by atoms with Crippen LogP contribution < -0.4 is 11.5 Å². The van der Waals surface area contributed by atoms with Gasteiger partial charge in [-0.2, -0.15) is 0 Å². The molecule has 0 bridgehead atoms. The first kappa shape index (κ1) is 10.3. The Morgan fingerprint density at radius 2 is 1.85 bits per heavy atom. The zero-order chi connectivity index (χ0) is 10.0. The molecule has 70 valence electrons. The van der Waals surface area contributed by atoms with Crippen LogP contribution in [0.15, 0.2) is 12.1 Å². The van der Waals surface area contributed by atoms with Crippen LogP contribution in [0.5, 0.6) is 0 Å². The van der Waals surface area contributed by atoms with Crippen LogP contribution in [0.2, 0.25) is 5.02 Å². The third kappa shape index (κ3) is 2.14. The molecule has 0 atom stereocenters. The number of nitrogens with two attached hydrogens (primary N) is 2. The zero-order valence-electron chi connectivity index (χ0n) is 6.68. The number of carbonyl (C=O) groups is 1. The van der Waals surface area contributed by atoms with Crippen molar-refractivity contribution in [3.05, 3.63) is 22.7 Å². The standard InChI is InChI=1S/C8H8BrClN2O/c9-3-7(13)8-5(11)1-4(10)2-6(8)12/h1-2H,3,11-12H2. The average Bonchev–Trinajstić information content (AvgIpc) is 2.02. The van der Waals surface area contributed by atoms with Crippen LogP contribution in [0.4, 0.5) is 11.4 Å². The zero-order valence-corrected chi connectivity index (χ0v) is 9.02. The van der Waals surface area contributed by atoms with Gasteiger partial charge in [0.25, 0.3) is 0 Å². The van der Waals surface area contributed by atoms with Crippen molar-refractivity contribution in [1.82, 2.24) is 0 Å². The molecule has 5 heteroatoms. The molecule has 4 N–H and O–H groups in total. The van der Waals surface area contributed by atoms with E-state index in [0.717, 1.165) is 0 Å². The highest BCUT2D eigenvalue weighted by Crippen LogP contribution is 2.25. The Morgan fingerprint density at radius 1 is 1.38 bits per heavy atom. The summed E-state index contributed by atoms with van der Waals surface area (Å²) in [5.41, 5.74) is 12.1. The highest BCUT2D eigenvalue weighted by Gasteiger charge is 2.12. The summed E-state index contributed by atoms with van der Waals surface area (Å²) in [6.07, 6.45) is 0. The van der Waals surface area contributed by atoms with Gasteiger partial charge in [-0.05, 0) is 12.1 Å². The highest BCUT2D eigenvalue weighted by molar-refractivity contribution is 9.09. The van der Waals surface area contributed by atoms with Gasteiger partial charge in [0.05, 0.1) is 10.9 Å². The van der Waals surface area contributed by atoms with Crippen LogP contribution in [-0.4, -0.2) is 11.1 Å². The van der Waals surface area contributed by atoms with Gasteiger partial charge in [-0.15, -0.1) is 0 Å². The summed E-state index contributed by atoms with van der Waals surface area (Å²) in [4.78, 5) is 11.3. The summed E-state index contributed by atoms with van der Waals surface area (Å²) in [7, 11) is 0. The van der Waals surface area contributed by atoms with E-state index in [2.05, 4.69) is 15.9 Å². The second kappa shape index (κ2) is 3.98. The van der Waals surface area contributed by atoms with Gasteiger partial charge in [0.1, 0.15) is 0 Å². The summed E-state index contributed by atoms with van der Waals surface area (Å²) in [5, 5.41) is 0.629. The predicted octanol–water partition coefficient (Wildman–Crippen LogP) is 2.08. The number of carbonyl (C=O) groups excluding carboxylic acids is 1. The number of Topliss-reactive ketones (excluding diaryl/α,β-unsaturated/α-hetero) is 1. The van der Waals surface area contributed by atoms with Crippen LogP contribution in [0.1, 0.15) is 10.4 Å². The first-order valence-corrected chi connectivity index (χ1v) is 5.00. The molecule has 0 aliphatic carbocycles. The Bertz CT molecular complexity index is 331. The fraction of sp³-hybridized carbons (Fsp3) is 0.125. The number of benzene rings is 1. The minimum Gasteiger partial charge on any atom is -0.398 e. The van der Waals surface area contributed by atoms with Crippen LogP contribution in [0.3, 0.4) is 0 Å². The maximum Gasteiger partial charge on any atom is 0.177 e. The lowest BCUT2D eigenvalue weighted by molar-refractivity contribution is 0.102. The normalized spacial score (nSPS) is 10.0. The maximum absolute atomic E-state index is 11.3. The second-order valence-electron chi connectivity index (χ2n) is 2.52. The molecule has 0 amide bonds. The van der Waals surface area contributed by atoms with Gasteiger partial charge in [0.15, 0.2) is 5.78 Å². The van der Waals surface area contributed by atoms with E-state index in [4.69, 9.17) is 23.1 Å². The number of hydrogen-bond acceptors (Lipinski definition) is 3. The quantitative estimate of drug-likeness (QED) is 0.488. The number of nitrogen functional groups attached to an aromatic ring is 2. The van der Waals surface area contributed by atoms with Crippen LogP contribution in [0.25, 0.3) is 0 Å². The van der Waals surface area contributed by atoms with E-state index < -0.39 is 0 Å². The lowest BCUT2D eigenvalue weighted by Crippen LogP contribution is -2.08. The third-order valence-corrected chi connectivity index (χ3v) is 2.29. The lowest BCUT2D eigenvalue weighted by atomic mass is 10.1. The van der Waals surface area contributed by atoms with Crippen molar-refractivity contribution < 1.29 is 4.79 Å². The van der Waals surface area contributed by atoms with Gasteiger partial charge >= 0.3 is 0 Å². The lowest BCUT2D eigenvalue weighted by Gasteiger charge is -2.06. The molecular weight excluding hydrogens is 255 g/mol. The van der Waals surface area contributed by atoms with Gasteiger partial charge in [-0.1, -0.05) is 27.5 Å². The monoisotopic (exact) mass is 262 g/mol. The number of halogens is 2. The Labute approximate surface area is 89.2 Å². The van der Waals surface area contributed by atoms with Crippen molar-refractivity contribution >= 4 is 44.7 Å². The summed E-state index contributed by atoms with van der Waals surface area (Å²) in [6.45, 7) is 0. The molecule has 13 heavy (non-hydrogen) atoms. The first-order valence-electron chi connectivity index (χ1n) is 3.50. The van der Waals surface area contributed by atoms with Gasteiger partial charge in [-0.25, -0.2) is 0 Å². The van der Waals surface area contributed by atoms with E-state index in [0.29, 0.717) is 22.0 Å². The smallest absolute Gasteiger partial charge is 0.177 e. The van der Waals surface area contributed by atoms with Crippen molar-refractivity contribution in [3.63, 3.8) is 0 Å². The largest absolute Gasteiger partial charge is 0.398 e. The van der Waals surface area contributed by atoms with Crippen LogP contribution in [-0.2, 0) is 0 Å². The maximum atomic E-state index is 11.3. The average molecular weight is 264 g/mol. The number of rotatable bonds is 2. The second-order valence-corrected chi connectivity index (χ2v) is 3.51. The molecule has 1 aromatic rings. The fourth-order valence-electron chi connectivity index (χ4n) is 1.04. The molecule has 1 aromatic carbocycles. The molecular formula is C8H8BrClN2O. The summed E-state index contributed by atoms with van der Waals surface area (Å²) in [6, 6.07) is 3.02. The Morgan fingerprint density at radius 3 is 2.23 bits per heavy atom. The van der Waals surface area contributed by atoms with E-state index in [-0.39, 0.29) is 11.1 Å². The fourth-order valence-corrected chi connectivity index (χ4v) is 1.55. The highest BCUT2D eigenvalue weighted by atomic mass is 79.9. The van der Waals surface area contributed by atoms with Gasteiger partial charge in [-0.3, -0.25) is 4.79 Å². The minimum atomic E-state index is -0.147. The number of anilines is 2. The molecule has 0 radical (unpaired) electrons. The van der Waals surface area contributed by atoms with E-state index >= 15 is 0 Å². The summed E-state index contributed by atoms with van der Waals surface area (Å²) >= 11 is 8.73. The van der Waals surface area contributed by atoms with Gasteiger partial charge in [0, 0.05) is 16.4 Å². The van der Waals surface area contributed by atoms with Crippen molar-refractivity contribution in [3.8, 4) is 0 Å². The van der Waals surface area contributed by atoms with Gasteiger partial charge in [0.2, 0.25) is 0 Å². The van der Waals surface area contributed by atoms with Crippen molar-refractivity contribution in [2.24, 2.45) is 0 Å². The summed E-state index contributed by atoms with van der Waals surface area (Å²) in [5.74, 6) is -0.147. The van der Waals surface area contributed by atoms with Crippen molar-refractivity contribution in [2.45, 2.75) is 0 Å². The van der Waals surface area contributed by atoms with E-state index in [1.54, 1.807) is 0 Å². The molecule has 3 nitrogen and oxygen atoms in total. The molecule has 0 saturated carbocycles. The Hall–Kier alpha value is -0.740. The third-order valence-electron chi connectivity index (χ3n) is 1.56. The molecule has 0 aliphatic rings. The Kier molecular flexibility index (Phi) is 3.17. The molecule has 0 heterocycles. The van der Waals surface area contributed by atoms with E-state index in [1.807, 2.05) is 0 Å². The molecule has 1 rings (SSSR count). The molecule has 0 fully saturated rings. The predicted molar refractivity (Wildman–Crippen MR) is 58.4 cm³/mol. The molecule has 0 aromatic heterocycles. The van der Waals surface area contributed by atoms with Crippen LogP contribution in [0, 0.1) is 0 Å². The first-order chi connectivity index (χ1) is 6.06. The molecule has 0 aliphatic heterocycles. The van der Waals surface area contributed by atoms with E-state index in [9.17, 15) is 4.79 Å². The SMILES string of the molecule is Nc1cc(Cl)cc(N)c1C(=O)CBr. The number of alkyl halides is 1. The van der Waals surface area contributed by atoms with Crippen molar-refractivity contribution in [1.29, 1.82) is 0 Å². The molecule has 0 unspecified atom stereocenters. The molecule has 0 spiro atoms. The number of ketones is 1. The van der Waals surface area contributed by atoms with Crippen LogP contribution >= 0.6 is 27.5 Å². The van der Waals surface area contributed by atoms with Gasteiger partial charge < -0.3 is 11.5 Å². The van der Waals surface area contributed by atoms with E-state index in [1.165, 1.54) is 12.1 Å². The Balaban J connectivity index is 3.28.